The van der Waals surface area contributed by atoms with Crippen molar-refractivity contribution in [2.75, 3.05) is 0 Å². The molecule has 30 heavy (non-hydrogen) atoms. The highest BCUT2D eigenvalue weighted by Crippen LogP contribution is 2.40. The van der Waals surface area contributed by atoms with Crippen molar-refractivity contribution in [1.29, 1.82) is 0 Å². The van der Waals surface area contributed by atoms with Crippen LogP contribution in [0.25, 0.3) is 11.1 Å². The second-order valence-electron chi connectivity index (χ2n) is 7.11. The molecular weight excluding hydrogens is 407 g/mol. The summed E-state index contributed by atoms with van der Waals surface area (Å²) in [5.74, 6) is -1.90. The first-order valence-electron chi connectivity index (χ1n) is 9.47. The Morgan fingerprint density at radius 2 is 1.80 bits per heavy atom. The first-order chi connectivity index (χ1) is 14.5. The third kappa shape index (κ3) is 3.66. The molecule has 2 unspecified atom stereocenters. The molecule has 2 heterocycles. The Labute approximate surface area is 177 Å². The molecule has 0 aliphatic carbocycles. The molecule has 7 heteroatoms. The molecule has 4 rings (SSSR count). The van der Waals surface area contributed by atoms with E-state index in [4.69, 9.17) is 11.6 Å². The van der Waals surface area contributed by atoms with Gasteiger partial charge in [-0.25, -0.2) is 9.18 Å². The Morgan fingerprint density at radius 3 is 2.47 bits per heavy atom. The van der Waals surface area contributed by atoms with Gasteiger partial charge in [-0.05, 0) is 48.2 Å². The van der Waals surface area contributed by atoms with Gasteiger partial charge in [-0.1, -0.05) is 41.9 Å². The molecule has 2 atom stereocenters. The van der Waals surface area contributed by atoms with Crippen molar-refractivity contribution in [2.45, 2.75) is 24.9 Å². The van der Waals surface area contributed by atoms with Crippen LogP contribution in [0.1, 0.15) is 34.8 Å². The van der Waals surface area contributed by atoms with E-state index in [-0.39, 0.29) is 0 Å². The Bertz CT molecular complexity index is 1100. The summed E-state index contributed by atoms with van der Waals surface area (Å²) in [5, 5.41) is 10.2. The average Bonchev–Trinajstić information content (AvgIpc) is 3.19. The average molecular weight is 425 g/mol. The van der Waals surface area contributed by atoms with Crippen LogP contribution in [-0.2, 0) is 4.79 Å². The molecule has 5 nitrogen and oxygen atoms in total. The second kappa shape index (κ2) is 8.24. The Morgan fingerprint density at radius 1 is 1.07 bits per heavy atom. The van der Waals surface area contributed by atoms with Crippen molar-refractivity contribution >= 4 is 23.5 Å². The molecule has 152 valence electrons. The fourth-order valence-electron chi connectivity index (χ4n) is 3.94. The first-order valence-corrected chi connectivity index (χ1v) is 9.85. The largest absolute Gasteiger partial charge is 0.480 e. The van der Waals surface area contributed by atoms with Crippen molar-refractivity contribution < 1.29 is 19.1 Å². The van der Waals surface area contributed by atoms with E-state index in [2.05, 4.69) is 4.98 Å². The van der Waals surface area contributed by atoms with Crippen LogP contribution in [0.2, 0.25) is 5.02 Å². The number of benzene rings is 2. The van der Waals surface area contributed by atoms with Crippen LogP contribution in [-0.4, -0.2) is 32.9 Å². The van der Waals surface area contributed by atoms with Crippen LogP contribution >= 0.6 is 11.6 Å². The predicted octanol–water partition coefficient (Wildman–Crippen LogP) is 4.97. The van der Waals surface area contributed by atoms with Crippen LogP contribution in [0.5, 0.6) is 0 Å². The van der Waals surface area contributed by atoms with Crippen molar-refractivity contribution in [2.24, 2.45) is 0 Å². The lowest BCUT2D eigenvalue weighted by atomic mass is 10.0. The number of aromatic nitrogens is 1. The number of carbonyl (C=O) groups excluding carboxylic acids is 1. The van der Waals surface area contributed by atoms with Gasteiger partial charge in [-0.2, -0.15) is 0 Å². The maximum Gasteiger partial charge on any atom is 0.326 e. The number of rotatable bonds is 4. The number of hydrogen-bond acceptors (Lipinski definition) is 3. The van der Waals surface area contributed by atoms with Gasteiger partial charge in [0.15, 0.2) is 0 Å². The Kier molecular flexibility index (Phi) is 5.50. The van der Waals surface area contributed by atoms with Crippen LogP contribution in [0.15, 0.2) is 67.0 Å². The fourth-order valence-corrected chi connectivity index (χ4v) is 4.20. The van der Waals surface area contributed by atoms with Gasteiger partial charge in [0.05, 0.1) is 12.2 Å². The molecule has 0 spiro atoms. The number of amides is 1. The van der Waals surface area contributed by atoms with Crippen molar-refractivity contribution in [3.8, 4) is 11.1 Å². The lowest BCUT2D eigenvalue weighted by Gasteiger charge is -2.29. The summed E-state index contributed by atoms with van der Waals surface area (Å²) in [6, 6.07) is 13.8. The lowest BCUT2D eigenvalue weighted by Crippen LogP contribution is -2.41. The zero-order valence-electron chi connectivity index (χ0n) is 15.8. The highest BCUT2D eigenvalue weighted by molar-refractivity contribution is 6.31. The van der Waals surface area contributed by atoms with Crippen molar-refractivity contribution in [3.63, 3.8) is 0 Å². The van der Waals surface area contributed by atoms with E-state index in [1.54, 1.807) is 42.5 Å². The maximum absolute atomic E-state index is 14.0. The zero-order valence-corrected chi connectivity index (χ0v) is 16.6. The standard InChI is InChI=1S/C23H18ClFN2O3/c24-18-4-2-1-3-17(18)20-9-10-21(23(29)30)27(20)22(28)15-7-5-14(6-8-15)16-11-12-26-13-19(16)25/h1-8,11-13,20-21H,9-10H2,(H,29,30). The Balaban J connectivity index is 1.68. The van der Waals surface area contributed by atoms with Gasteiger partial charge in [0.1, 0.15) is 11.9 Å². The van der Waals surface area contributed by atoms with Gasteiger partial charge < -0.3 is 10.0 Å². The van der Waals surface area contributed by atoms with Crippen LogP contribution in [0.4, 0.5) is 4.39 Å². The van der Waals surface area contributed by atoms with Gasteiger partial charge in [0, 0.05) is 22.3 Å². The minimum atomic E-state index is -1.05. The molecule has 1 N–H and O–H groups in total. The molecule has 1 amide bonds. The van der Waals surface area contributed by atoms with E-state index in [1.807, 2.05) is 12.1 Å². The highest BCUT2D eigenvalue weighted by atomic mass is 35.5. The summed E-state index contributed by atoms with van der Waals surface area (Å²) >= 11 is 6.33. The number of hydrogen-bond donors (Lipinski definition) is 1. The molecule has 0 saturated carbocycles. The third-order valence-electron chi connectivity index (χ3n) is 5.38. The minimum absolute atomic E-state index is 0.332. The van der Waals surface area contributed by atoms with Crippen LogP contribution < -0.4 is 0 Å². The van der Waals surface area contributed by atoms with Gasteiger partial charge in [0.25, 0.3) is 5.91 Å². The smallest absolute Gasteiger partial charge is 0.326 e. The number of pyridine rings is 1. The number of aliphatic carboxylic acids is 1. The monoisotopic (exact) mass is 424 g/mol. The molecule has 1 saturated heterocycles. The number of likely N-dealkylation sites (tertiary alicyclic amines) is 1. The first kappa shape index (κ1) is 20.0. The highest BCUT2D eigenvalue weighted by Gasteiger charge is 2.42. The van der Waals surface area contributed by atoms with Gasteiger partial charge in [-0.15, -0.1) is 0 Å². The van der Waals surface area contributed by atoms with Gasteiger partial charge >= 0.3 is 5.97 Å². The maximum atomic E-state index is 14.0. The lowest BCUT2D eigenvalue weighted by molar-refractivity contribution is -0.141. The normalized spacial score (nSPS) is 18.4. The summed E-state index contributed by atoms with van der Waals surface area (Å²) in [7, 11) is 0. The summed E-state index contributed by atoms with van der Waals surface area (Å²) in [6.07, 6.45) is 3.47. The second-order valence-corrected chi connectivity index (χ2v) is 7.52. The minimum Gasteiger partial charge on any atom is -0.480 e. The Hall–Kier alpha value is -3.25. The van der Waals surface area contributed by atoms with E-state index in [0.29, 0.717) is 34.6 Å². The zero-order chi connectivity index (χ0) is 21.3. The molecular formula is C23H18ClFN2O3. The number of carboxylic acids is 1. The van der Waals surface area contributed by atoms with Gasteiger partial charge in [-0.3, -0.25) is 9.78 Å². The topological polar surface area (TPSA) is 70.5 Å². The van der Waals surface area contributed by atoms with Gasteiger partial charge in [0.2, 0.25) is 0 Å². The number of nitrogens with zero attached hydrogens (tertiary/aromatic N) is 2. The van der Waals surface area contributed by atoms with Crippen molar-refractivity contribution in [3.05, 3.63) is 89.0 Å². The van der Waals surface area contributed by atoms with E-state index in [0.717, 1.165) is 11.8 Å². The summed E-state index contributed by atoms with van der Waals surface area (Å²) in [6.45, 7) is 0. The van der Waals surface area contributed by atoms with E-state index in [1.165, 1.54) is 11.1 Å². The van der Waals surface area contributed by atoms with Crippen LogP contribution in [0, 0.1) is 5.82 Å². The molecule has 3 aromatic rings. The SMILES string of the molecule is O=C(O)C1CCC(c2ccccc2Cl)N1C(=O)c1ccc(-c2ccncc2F)cc1. The molecule has 1 aliphatic rings. The number of carbonyl (C=O) groups is 2. The molecule has 1 aliphatic heterocycles. The summed E-state index contributed by atoms with van der Waals surface area (Å²) in [5.41, 5.74) is 2.04. The number of carboxylic acid groups (broad SMARTS) is 1. The fraction of sp³-hybridized carbons (Fsp3) is 0.174. The summed E-state index contributed by atoms with van der Waals surface area (Å²) in [4.78, 5) is 30.2. The molecule has 1 aromatic heterocycles. The van der Waals surface area contributed by atoms with Crippen LogP contribution in [0.3, 0.4) is 0 Å². The molecule has 0 radical (unpaired) electrons. The molecule has 2 aromatic carbocycles. The summed E-state index contributed by atoms with van der Waals surface area (Å²) < 4.78 is 14.0. The molecule has 0 bridgehead atoms. The third-order valence-corrected chi connectivity index (χ3v) is 5.73. The number of halogens is 2. The van der Waals surface area contributed by atoms with E-state index >= 15 is 0 Å². The molecule has 1 fully saturated rings. The quantitative estimate of drug-likeness (QED) is 0.641. The van der Waals surface area contributed by atoms with E-state index < -0.39 is 29.8 Å². The van der Waals surface area contributed by atoms with Crippen molar-refractivity contribution in [1.82, 2.24) is 9.88 Å². The van der Waals surface area contributed by atoms with E-state index in [9.17, 15) is 19.1 Å². The predicted molar refractivity (Wildman–Crippen MR) is 111 cm³/mol.